The van der Waals surface area contributed by atoms with E-state index in [0.29, 0.717) is 18.8 Å². The lowest BCUT2D eigenvalue weighted by atomic mass is 10.2. The molecule has 23 heavy (non-hydrogen) atoms. The Morgan fingerprint density at radius 2 is 2.13 bits per heavy atom. The van der Waals surface area contributed by atoms with Crippen molar-refractivity contribution in [2.45, 2.75) is 33.1 Å². The number of hydrogen-bond donors (Lipinski definition) is 2. The summed E-state index contributed by atoms with van der Waals surface area (Å²) in [5.41, 5.74) is 1.50. The molecule has 0 unspecified atom stereocenters. The zero-order valence-electron chi connectivity index (χ0n) is 14.0. The average Bonchev–Trinajstić information content (AvgIpc) is 2.95. The number of carbonyl (C=O) groups excluding carboxylic acids is 1. The summed E-state index contributed by atoms with van der Waals surface area (Å²) in [5.74, 6) is 1.54. The molecule has 0 bridgehead atoms. The smallest absolute Gasteiger partial charge is 0.269 e. The van der Waals surface area contributed by atoms with Crippen LogP contribution < -0.4 is 10.6 Å². The quantitative estimate of drug-likeness (QED) is 0.724. The molecule has 0 saturated carbocycles. The molecule has 0 aliphatic rings. The maximum Gasteiger partial charge on any atom is 0.269 e. The first kappa shape index (κ1) is 16.9. The van der Waals surface area contributed by atoms with Crippen LogP contribution in [0.5, 0.6) is 0 Å². The van der Waals surface area contributed by atoms with Gasteiger partial charge >= 0.3 is 0 Å². The lowest BCUT2D eigenvalue weighted by molar-refractivity contribution is 0.0947. The standard InChI is InChI=1S/C16H24N6O/c1-4-5-6-14-20-12(2)9-15(21-14)18-7-8-19-16(23)13-10-17-11-22(13)3/h9-11H,4-8H2,1-3H3,(H,19,23)(H,18,20,21). The van der Waals surface area contributed by atoms with Crippen LogP contribution in [0.1, 0.15) is 41.8 Å². The number of amides is 1. The van der Waals surface area contributed by atoms with Crippen molar-refractivity contribution < 1.29 is 4.79 Å². The SMILES string of the molecule is CCCCc1nc(C)cc(NCCNC(=O)c2cncn2C)n1. The Labute approximate surface area is 136 Å². The minimum Gasteiger partial charge on any atom is -0.368 e. The Balaban J connectivity index is 1.81. The van der Waals surface area contributed by atoms with Gasteiger partial charge in [0.1, 0.15) is 17.3 Å². The van der Waals surface area contributed by atoms with E-state index < -0.39 is 0 Å². The van der Waals surface area contributed by atoms with Crippen molar-refractivity contribution in [1.82, 2.24) is 24.8 Å². The molecule has 0 aromatic carbocycles. The highest BCUT2D eigenvalue weighted by atomic mass is 16.1. The topological polar surface area (TPSA) is 84.7 Å². The summed E-state index contributed by atoms with van der Waals surface area (Å²) in [6.45, 7) is 5.23. The van der Waals surface area contributed by atoms with Crippen LogP contribution in [0.25, 0.3) is 0 Å². The van der Waals surface area contributed by atoms with Crippen LogP contribution in [0.4, 0.5) is 5.82 Å². The fourth-order valence-electron chi connectivity index (χ4n) is 2.20. The molecule has 0 aliphatic carbocycles. The van der Waals surface area contributed by atoms with E-state index in [2.05, 4.69) is 32.5 Å². The monoisotopic (exact) mass is 316 g/mol. The number of aromatic nitrogens is 4. The predicted molar refractivity (Wildman–Crippen MR) is 89.4 cm³/mol. The number of carbonyl (C=O) groups is 1. The Hall–Kier alpha value is -2.44. The number of unbranched alkanes of at least 4 members (excludes halogenated alkanes) is 1. The summed E-state index contributed by atoms with van der Waals surface area (Å²) in [6, 6.07) is 1.92. The molecule has 7 heteroatoms. The van der Waals surface area contributed by atoms with Crippen LogP contribution in [-0.2, 0) is 13.5 Å². The fraction of sp³-hybridized carbons (Fsp3) is 0.500. The minimum absolute atomic E-state index is 0.130. The summed E-state index contributed by atoms with van der Waals surface area (Å²) in [6.07, 6.45) is 6.26. The molecule has 2 heterocycles. The number of hydrogen-bond acceptors (Lipinski definition) is 5. The third kappa shape index (κ3) is 5.05. The minimum atomic E-state index is -0.130. The van der Waals surface area contributed by atoms with Gasteiger partial charge in [0.15, 0.2) is 0 Å². The summed E-state index contributed by atoms with van der Waals surface area (Å²) >= 11 is 0. The van der Waals surface area contributed by atoms with E-state index in [4.69, 9.17) is 0 Å². The second-order valence-corrected chi connectivity index (χ2v) is 5.49. The lowest BCUT2D eigenvalue weighted by Gasteiger charge is -2.09. The van der Waals surface area contributed by atoms with Gasteiger partial charge in [-0.05, 0) is 13.3 Å². The molecule has 2 aromatic rings. The first-order valence-electron chi connectivity index (χ1n) is 7.93. The molecule has 0 atom stereocenters. The third-order valence-electron chi connectivity index (χ3n) is 3.42. The van der Waals surface area contributed by atoms with Gasteiger partial charge < -0.3 is 15.2 Å². The van der Waals surface area contributed by atoms with Gasteiger partial charge in [0.05, 0.1) is 12.5 Å². The molecule has 0 spiro atoms. The first-order valence-corrected chi connectivity index (χ1v) is 7.93. The summed E-state index contributed by atoms with van der Waals surface area (Å²) in [4.78, 5) is 24.8. The molecule has 0 aliphatic heterocycles. The normalized spacial score (nSPS) is 10.6. The van der Waals surface area contributed by atoms with Crippen molar-refractivity contribution in [3.63, 3.8) is 0 Å². The van der Waals surface area contributed by atoms with Gasteiger partial charge in [0, 0.05) is 38.3 Å². The molecule has 124 valence electrons. The molecule has 2 rings (SSSR count). The molecule has 2 N–H and O–H groups in total. The number of nitrogens with one attached hydrogen (secondary N) is 2. The summed E-state index contributed by atoms with van der Waals surface area (Å²) < 4.78 is 1.69. The highest BCUT2D eigenvalue weighted by molar-refractivity contribution is 5.92. The lowest BCUT2D eigenvalue weighted by Crippen LogP contribution is -2.30. The van der Waals surface area contributed by atoms with Crippen LogP contribution in [0.15, 0.2) is 18.6 Å². The second kappa shape index (κ2) is 8.26. The largest absolute Gasteiger partial charge is 0.368 e. The highest BCUT2D eigenvalue weighted by Crippen LogP contribution is 2.08. The summed E-state index contributed by atoms with van der Waals surface area (Å²) in [7, 11) is 1.79. The number of nitrogens with zero attached hydrogens (tertiary/aromatic N) is 4. The molecule has 0 fully saturated rings. The van der Waals surface area contributed by atoms with Gasteiger partial charge in [-0.1, -0.05) is 13.3 Å². The van der Waals surface area contributed by atoms with E-state index >= 15 is 0 Å². The maximum atomic E-state index is 11.9. The van der Waals surface area contributed by atoms with Gasteiger partial charge in [-0.2, -0.15) is 0 Å². The molecule has 0 radical (unpaired) electrons. The van der Waals surface area contributed by atoms with Crippen molar-refractivity contribution >= 4 is 11.7 Å². The van der Waals surface area contributed by atoms with Gasteiger partial charge in [-0.15, -0.1) is 0 Å². The fourth-order valence-corrected chi connectivity index (χ4v) is 2.20. The first-order chi connectivity index (χ1) is 11.1. The van der Waals surface area contributed by atoms with Crippen molar-refractivity contribution in [3.8, 4) is 0 Å². The van der Waals surface area contributed by atoms with Crippen LogP contribution >= 0.6 is 0 Å². The Morgan fingerprint density at radius 1 is 1.30 bits per heavy atom. The van der Waals surface area contributed by atoms with Crippen molar-refractivity contribution in [2.75, 3.05) is 18.4 Å². The molecule has 7 nitrogen and oxygen atoms in total. The Bertz CT molecular complexity index is 652. The average molecular weight is 316 g/mol. The highest BCUT2D eigenvalue weighted by Gasteiger charge is 2.08. The van der Waals surface area contributed by atoms with E-state index in [-0.39, 0.29) is 5.91 Å². The van der Waals surface area contributed by atoms with Gasteiger partial charge in [-0.25, -0.2) is 15.0 Å². The number of anilines is 1. The van der Waals surface area contributed by atoms with Crippen LogP contribution in [0, 0.1) is 6.92 Å². The van der Waals surface area contributed by atoms with Gasteiger partial charge in [0.25, 0.3) is 5.91 Å². The van der Waals surface area contributed by atoms with E-state index in [1.165, 1.54) is 0 Å². The van der Waals surface area contributed by atoms with Crippen LogP contribution in [0.2, 0.25) is 0 Å². The molecule has 1 amide bonds. The van der Waals surface area contributed by atoms with E-state index in [0.717, 1.165) is 36.6 Å². The van der Waals surface area contributed by atoms with E-state index in [1.54, 1.807) is 24.1 Å². The summed E-state index contributed by atoms with van der Waals surface area (Å²) in [5, 5.41) is 6.08. The maximum absolute atomic E-state index is 11.9. The number of imidazole rings is 1. The third-order valence-corrected chi connectivity index (χ3v) is 3.42. The molecule has 0 saturated heterocycles. The molecular formula is C16H24N6O. The van der Waals surface area contributed by atoms with Crippen molar-refractivity contribution in [3.05, 3.63) is 35.8 Å². The van der Waals surface area contributed by atoms with Crippen molar-refractivity contribution in [1.29, 1.82) is 0 Å². The van der Waals surface area contributed by atoms with E-state index in [9.17, 15) is 4.79 Å². The number of aryl methyl sites for hydroxylation is 3. The van der Waals surface area contributed by atoms with Crippen LogP contribution in [0.3, 0.4) is 0 Å². The van der Waals surface area contributed by atoms with Crippen molar-refractivity contribution in [2.24, 2.45) is 7.05 Å². The second-order valence-electron chi connectivity index (χ2n) is 5.49. The van der Waals surface area contributed by atoms with Gasteiger partial charge in [-0.3, -0.25) is 4.79 Å². The van der Waals surface area contributed by atoms with Crippen LogP contribution in [-0.4, -0.2) is 38.5 Å². The zero-order chi connectivity index (χ0) is 16.7. The predicted octanol–water partition coefficient (Wildman–Crippen LogP) is 1.70. The Kier molecular flexibility index (Phi) is 6.08. The zero-order valence-corrected chi connectivity index (χ0v) is 14.0. The molecule has 2 aromatic heterocycles. The Morgan fingerprint density at radius 3 is 2.83 bits per heavy atom. The van der Waals surface area contributed by atoms with E-state index in [1.807, 2.05) is 13.0 Å². The van der Waals surface area contributed by atoms with Gasteiger partial charge in [0.2, 0.25) is 0 Å². The molecular weight excluding hydrogens is 292 g/mol. The number of rotatable bonds is 8.